The summed E-state index contributed by atoms with van der Waals surface area (Å²) in [6.07, 6.45) is 1.14. The third kappa shape index (κ3) is 3.60. The minimum Gasteiger partial charge on any atom is -0.496 e. The number of ether oxygens (including phenoxy) is 3. The average Bonchev–Trinajstić information content (AvgIpc) is 2.45. The van der Waals surface area contributed by atoms with Crippen molar-refractivity contribution < 1.29 is 14.2 Å². The van der Waals surface area contributed by atoms with E-state index in [1.807, 2.05) is 12.1 Å². The van der Waals surface area contributed by atoms with Crippen LogP contribution in [0.3, 0.4) is 0 Å². The Labute approximate surface area is 127 Å². The maximum atomic E-state index is 5.52. The van der Waals surface area contributed by atoms with Crippen molar-refractivity contribution in [3.05, 3.63) is 17.7 Å². The Morgan fingerprint density at radius 2 is 1.67 bits per heavy atom. The van der Waals surface area contributed by atoms with E-state index in [1.54, 1.807) is 21.3 Å². The van der Waals surface area contributed by atoms with Crippen LogP contribution in [0.25, 0.3) is 0 Å². The number of hydrogen-bond acceptors (Lipinski definition) is 5. The molecule has 0 aromatic heterocycles. The maximum absolute atomic E-state index is 5.52. The highest BCUT2D eigenvalue weighted by Gasteiger charge is 2.25. The number of hydrogen-bond donors (Lipinski definition) is 1. The summed E-state index contributed by atoms with van der Waals surface area (Å²) in [5.41, 5.74) is 1.13. The molecule has 1 fully saturated rings. The lowest BCUT2D eigenvalue weighted by Gasteiger charge is -2.38. The molecule has 0 saturated carbocycles. The van der Waals surface area contributed by atoms with Gasteiger partial charge >= 0.3 is 0 Å². The van der Waals surface area contributed by atoms with Gasteiger partial charge in [0.2, 0.25) is 0 Å². The summed E-state index contributed by atoms with van der Waals surface area (Å²) in [7, 11) is 4.99. The number of rotatable bonds is 8. The van der Waals surface area contributed by atoms with Crippen LogP contribution < -0.4 is 19.5 Å². The fourth-order valence-corrected chi connectivity index (χ4v) is 2.64. The molecule has 1 N–H and O–H groups in total. The zero-order valence-electron chi connectivity index (χ0n) is 13.4. The molecule has 1 heterocycles. The molecule has 0 unspecified atom stereocenters. The van der Waals surface area contributed by atoms with Gasteiger partial charge < -0.3 is 19.5 Å². The number of nitrogens with zero attached hydrogens (tertiary/aromatic N) is 1. The summed E-state index contributed by atoms with van der Waals surface area (Å²) < 4.78 is 16.3. The predicted octanol–water partition coefficient (Wildman–Crippen LogP) is 1.90. The molecule has 5 heteroatoms. The first-order valence-electron chi connectivity index (χ1n) is 7.47. The van der Waals surface area contributed by atoms with E-state index in [0.717, 1.165) is 49.7 Å². The van der Waals surface area contributed by atoms with Crippen LogP contribution in [-0.2, 0) is 6.54 Å². The third-order valence-corrected chi connectivity index (χ3v) is 3.95. The Hall–Kier alpha value is -1.46. The molecule has 5 nitrogen and oxygen atoms in total. The molecule has 0 spiro atoms. The molecule has 0 atom stereocenters. The van der Waals surface area contributed by atoms with Crippen LogP contribution in [0.1, 0.15) is 18.9 Å². The zero-order valence-corrected chi connectivity index (χ0v) is 13.4. The topological polar surface area (TPSA) is 43.0 Å². The molecule has 1 aliphatic rings. The van der Waals surface area contributed by atoms with Crippen molar-refractivity contribution in [2.24, 2.45) is 0 Å². The van der Waals surface area contributed by atoms with E-state index in [4.69, 9.17) is 14.2 Å². The first-order valence-corrected chi connectivity index (χ1v) is 7.47. The Kier molecular flexibility index (Phi) is 5.70. The van der Waals surface area contributed by atoms with Gasteiger partial charge in [-0.25, -0.2) is 0 Å². The highest BCUT2D eigenvalue weighted by atomic mass is 16.5. The molecule has 1 saturated heterocycles. The van der Waals surface area contributed by atoms with Crippen LogP contribution in [0.5, 0.6) is 17.2 Å². The predicted molar refractivity (Wildman–Crippen MR) is 83.5 cm³/mol. The van der Waals surface area contributed by atoms with E-state index in [2.05, 4.69) is 17.1 Å². The van der Waals surface area contributed by atoms with Crippen LogP contribution in [0.15, 0.2) is 12.1 Å². The van der Waals surface area contributed by atoms with Crippen molar-refractivity contribution in [1.82, 2.24) is 10.2 Å². The molecular formula is C16H26N2O3. The van der Waals surface area contributed by atoms with Gasteiger partial charge in [0.05, 0.1) is 21.3 Å². The van der Waals surface area contributed by atoms with E-state index in [-0.39, 0.29) is 0 Å². The summed E-state index contributed by atoms with van der Waals surface area (Å²) in [4.78, 5) is 2.50. The standard InChI is InChI=1S/C16H26N2O3/c1-5-6-18(13-9-17-10-13)11-12-7-15(20-3)16(21-4)8-14(12)19-2/h7-8,13,17H,5-6,9-11H2,1-4H3. The normalized spacial score (nSPS) is 14.9. The molecule has 0 radical (unpaired) electrons. The van der Waals surface area contributed by atoms with E-state index in [9.17, 15) is 0 Å². The van der Waals surface area contributed by atoms with Gasteiger partial charge in [-0.1, -0.05) is 6.92 Å². The lowest BCUT2D eigenvalue weighted by atomic mass is 10.1. The third-order valence-electron chi connectivity index (χ3n) is 3.95. The van der Waals surface area contributed by atoms with Crippen molar-refractivity contribution in [3.63, 3.8) is 0 Å². The molecule has 1 aliphatic heterocycles. The Morgan fingerprint density at radius 3 is 2.14 bits per heavy atom. The van der Waals surface area contributed by atoms with Gasteiger partial charge in [0.15, 0.2) is 11.5 Å². The second-order valence-corrected chi connectivity index (χ2v) is 5.30. The lowest BCUT2D eigenvalue weighted by Crippen LogP contribution is -2.56. The zero-order chi connectivity index (χ0) is 15.2. The number of benzene rings is 1. The molecule has 0 aliphatic carbocycles. The Balaban J connectivity index is 2.23. The van der Waals surface area contributed by atoms with Gasteiger partial charge in [0.1, 0.15) is 5.75 Å². The SMILES string of the molecule is CCCN(Cc1cc(OC)c(OC)cc1OC)C1CNC1. The highest BCUT2D eigenvalue weighted by molar-refractivity contribution is 5.50. The van der Waals surface area contributed by atoms with E-state index in [1.165, 1.54) is 0 Å². The van der Waals surface area contributed by atoms with Crippen molar-refractivity contribution in [3.8, 4) is 17.2 Å². The Bertz CT molecular complexity index is 461. The van der Waals surface area contributed by atoms with Crippen LogP contribution in [0, 0.1) is 0 Å². The van der Waals surface area contributed by atoms with Gasteiger partial charge in [-0.05, 0) is 19.0 Å². The van der Waals surface area contributed by atoms with Crippen LogP contribution in [-0.4, -0.2) is 51.9 Å². The summed E-state index contributed by atoms with van der Waals surface area (Å²) in [5.74, 6) is 2.29. The number of methoxy groups -OCH3 is 3. The first kappa shape index (κ1) is 15.9. The van der Waals surface area contributed by atoms with Gasteiger partial charge in [-0.15, -0.1) is 0 Å². The second kappa shape index (κ2) is 7.52. The molecule has 0 amide bonds. The highest BCUT2D eigenvalue weighted by Crippen LogP contribution is 2.35. The maximum Gasteiger partial charge on any atom is 0.164 e. The van der Waals surface area contributed by atoms with Gasteiger partial charge in [-0.3, -0.25) is 4.90 Å². The van der Waals surface area contributed by atoms with Crippen LogP contribution >= 0.6 is 0 Å². The van der Waals surface area contributed by atoms with Crippen molar-refractivity contribution >= 4 is 0 Å². The van der Waals surface area contributed by atoms with Crippen molar-refractivity contribution in [2.75, 3.05) is 41.0 Å². The fourth-order valence-electron chi connectivity index (χ4n) is 2.64. The van der Waals surface area contributed by atoms with Crippen molar-refractivity contribution in [1.29, 1.82) is 0 Å². The van der Waals surface area contributed by atoms with Gasteiger partial charge in [-0.2, -0.15) is 0 Å². The molecule has 118 valence electrons. The number of nitrogens with one attached hydrogen (secondary N) is 1. The van der Waals surface area contributed by atoms with E-state index < -0.39 is 0 Å². The summed E-state index contributed by atoms with van der Waals surface area (Å²) >= 11 is 0. The van der Waals surface area contributed by atoms with Crippen LogP contribution in [0.2, 0.25) is 0 Å². The second-order valence-electron chi connectivity index (χ2n) is 5.30. The first-order chi connectivity index (χ1) is 10.2. The molecular weight excluding hydrogens is 268 g/mol. The molecule has 1 aromatic rings. The summed E-state index contributed by atoms with van der Waals surface area (Å²) in [6.45, 7) is 6.30. The molecule has 21 heavy (non-hydrogen) atoms. The quantitative estimate of drug-likeness (QED) is 0.793. The Morgan fingerprint density at radius 1 is 1.05 bits per heavy atom. The summed E-state index contributed by atoms with van der Waals surface area (Å²) in [5, 5.41) is 3.34. The summed E-state index contributed by atoms with van der Waals surface area (Å²) in [6, 6.07) is 4.53. The monoisotopic (exact) mass is 294 g/mol. The minimum absolute atomic E-state index is 0.614. The van der Waals surface area contributed by atoms with Gasteiger partial charge in [0, 0.05) is 37.3 Å². The van der Waals surface area contributed by atoms with E-state index >= 15 is 0 Å². The average molecular weight is 294 g/mol. The van der Waals surface area contributed by atoms with Crippen molar-refractivity contribution in [2.45, 2.75) is 25.9 Å². The largest absolute Gasteiger partial charge is 0.496 e. The lowest BCUT2D eigenvalue weighted by molar-refractivity contribution is 0.136. The fraction of sp³-hybridized carbons (Fsp3) is 0.625. The molecule has 2 rings (SSSR count). The van der Waals surface area contributed by atoms with Crippen LogP contribution in [0.4, 0.5) is 0 Å². The smallest absolute Gasteiger partial charge is 0.164 e. The van der Waals surface area contributed by atoms with Gasteiger partial charge in [0.25, 0.3) is 0 Å². The molecule has 0 bridgehead atoms. The molecule has 1 aromatic carbocycles. The van der Waals surface area contributed by atoms with E-state index in [0.29, 0.717) is 11.8 Å². The minimum atomic E-state index is 0.614.